The molecule has 4 heterocycles. The zero-order valence-corrected chi connectivity index (χ0v) is 18.2. The maximum absolute atomic E-state index is 14.3. The fourth-order valence-corrected chi connectivity index (χ4v) is 4.39. The number of hydrogen-bond acceptors (Lipinski definition) is 6. The number of carbonyl (C=O) groups excluding carboxylic acids is 1. The molecule has 33 heavy (non-hydrogen) atoms. The molecule has 1 unspecified atom stereocenters. The van der Waals surface area contributed by atoms with E-state index in [-0.39, 0.29) is 19.0 Å². The van der Waals surface area contributed by atoms with E-state index in [4.69, 9.17) is 4.74 Å². The molecule has 1 atom stereocenters. The third kappa shape index (κ3) is 4.15. The van der Waals surface area contributed by atoms with Gasteiger partial charge in [0.15, 0.2) is 5.82 Å². The summed E-state index contributed by atoms with van der Waals surface area (Å²) < 4.78 is 47.2. The summed E-state index contributed by atoms with van der Waals surface area (Å²) in [5.74, 6) is -2.18. The lowest BCUT2D eigenvalue weighted by Gasteiger charge is -2.40. The van der Waals surface area contributed by atoms with Crippen molar-refractivity contribution in [1.82, 2.24) is 19.9 Å². The molecule has 2 amide bonds. The third-order valence-corrected chi connectivity index (χ3v) is 6.25. The van der Waals surface area contributed by atoms with Crippen LogP contribution in [0.3, 0.4) is 0 Å². The second kappa shape index (κ2) is 8.47. The lowest BCUT2D eigenvalue weighted by Crippen LogP contribution is -2.59. The van der Waals surface area contributed by atoms with Gasteiger partial charge in [-0.2, -0.15) is 5.10 Å². The van der Waals surface area contributed by atoms with Gasteiger partial charge in [0.05, 0.1) is 30.3 Å². The number of benzene rings is 1. The summed E-state index contributed by atoms with van der Waals surface area (Å²) in [6.07, 6.45) is 1.43. The van der Waals surface area contributed by atoms with Crippen molar-refractivity contribution in [2.24, 2.45) is 5.10 Å². The number of carbonyl (C=O) groups is 1. The number of nitrogens with zero attached hydrogens (tertiary/aromatic N) is 5. The highest BCUT2D eigenvalue weighted by atomic mass is 32.1. The minimum atomic E-state index is -0.716. The maximum atomic E-state index is 14.3. The molecule has 0 spiro atoms. The summed E-state index contributed by atoms with van der Waals surface area (Å²) in [5, 5.41) is 5.28. The molecular weight excluding hydrogens is 455 g/mol. The lowest BCUT2D eigenvalue weighted by atomic mass is 10.0. The first kappa shape index (κ1) is 21.4. The average Bonchev–Trinajstić information content (AvgIpc) is 3.39. The number of ether oxygens (including phenoxy) is 1. The predicted molar refractivity (Wildman–Crippen MR) is 115 cm³/mol. The van der Waals surface area contributed by atoms with E-state index in [1.54, 1.807) is 11.6 Å². The smallest absolute Gasteiger partial charge is 0.341 e. The Morgan fingerprint density at radius 2 is 1.91 bits per heavy atom. The predicted octanol–water partition coefficient (Wildman–Crippen LogP) is 4.55. The number of aromatic nitrogens is 2. The molecule has 2 aliphatic heterocycles. The summed E-state index contributed by atoms with van der Waals surface area (Å²) in [4.78, 5) is 23.8. The Morgan fingerprint density at radius 3 is 2.61 bits per heavy atom. The van der Waals surface area contributed by atoms with Gasteiger partial charge in [-0.05, 0) is 36.8 Å². The van der Waals surface area contributed by atoms with Crippen LogP contribution in [0.5, 0.6) is 5.88 Å². The van der Waals surface area contributed by atoms with Gasteiger partial charge < -0.3 is 9.64 Å². The molecule has 2 aliphatic rings. The van der Waals surface area contributed by atoms with Gasteiger partial charge >= 0.3 is 6.03 Å². The van der Waals surface area contributed by atoms with E-state index in [9.17, 15) is 18.0 Å². The van der Waals surface area contributed by atoms with Gasteiger partial charge in [-0.3, -0.25) is 0 Å². The summed E-state index contributed by atoms with van der Waals surface area (Å²) >= 11 is 1.47. The molecule has 0 radical (unpaired) electrons. The Balaban J connectivity index is 1.24. The number of pyridine rings is 1. The molecule has 0 N–H and O–H groups in total. The second-order valence-electron chi connectivity index (χ2n) is 7.76. The Morgan fingerprint density at radius 1 is 1.15 bits per heavy atom. The van der Waals surface area contributed by atoms with E-state index >= 15 is 0 Å². The number of urea groups is 1. The SMILES string of the molecule is Cc1scnc1-c1ccc(F)c(OC2CN(C(=O)N3N=CCC3c3cc(F)cc(F)c3)C2)n1. The average molecular weight is 473 g/mol. The topological polar surface area (TPSA) is 70.9 Å². The summed E-state index contributed by atoms with van der Waals surface area (Å²) in [7, 11) is 0. The Kier molecular flexibility index (Phi) is 5.49. The number of amides is 2. The first-order valence-electron chi connectivity index (χ1n) is 10.2. The summed E-state index contributed by atoms with van der Waals surface area (Å²) in [6, 6.07) is 4.97. The third-order valence-electron chi connectivity index (χ3n) is 5.49. The number of hydrazone groups is 1. The van der Waals surface area contributed by atoms with Crippen molar-refractivity contribution in [3.63, 3.8) is 0 Å². The van der Waals surface area contributed by atoms with Gasteiger partial charge in [0.2, 0.25) is 0 Å². The van der Waals surface area contributed by atoms with E-state index in [0.29, 0.717) is 23.4 Å². The fourth-order valence-electron chi connectivity index (χ4n) is 3.80. The van der Waals surface area contributed by atoms with Crippen LogP contribution in [0.15, 0.2) is 40.9 Å². The van der Waals surface area contributed by atoms with Gasteiger partial charge in [-0.1, -0.05) is 0 Å². The Hall–Kier alpha value is -3.47. The molecule has 3 aromatic rings. The number of aryl methyl sites for hydroxylation is 1. The highest BCUT2D eigenvalue weighted by molar-refractivity contribution is 7.10. The molecule has 5 rings (SSSR count). The number of rotatable bonds is 4. The minimum Gasteiger partial charge on any atom is -0.468 e. The molecule has 0 aliphatic carbocycles. The van der Waals surface area contributed by atoms with Crippen molar-refractivity contribution in [2.45, 2.75) is 25.5 Å². The molecule has 170 valence electrons. The number of likely N-dealkylation sites (tertiary alicyclic amines) is 1. The highest BCUT2D eigenvalue weighted by Crippen LogP contribution is 2.32. The van der Waals surface area contributed by atoms with Crippen LogP contribution in [0.25, 0.3) is 11.4 Å². The van der Waals surface area contributed by atoms with Crippen molar-refractivity contribution < 1.29 is 22.7 Å². The zero-order chi connectivity index (χ0) is 23.1. The van der Waals surface area contributed by atoms with Crippen LogP contribution in [0.1, 0.15) is 22.9 Å². The number of thiazole rings is 1. The van der Waals surface area contributed by atoms with Crippen LogP contribution in [0.2, 0.25) is 0 Å². The maximum Gasteiger partial charge on any atom is 0.341 e. The molecule has 0 saturated carbocycles. The van der Waals surface area contributed by atoms with Crippen LogP contribution >= 0.6 is 11.3 Å². The van der Waals surface area contributed by atoms with Crippen molar-refractivity contribution >= 4 is 23.6 Å². The fraction of sp³-hybridized carbons (Fsp3) is 0.273. The van der Waals surface area contributed by atoms with Crippen LogP contribution in [-0.4, -0.2) is 51.3 Å². The molecule has 1 saturated heterocycles. The van der Waals surface area contributed by atoms with Gasteiger partial charge in [-0.25, -0.2) is 32.9 Å². The van der Waals surface area contributed by atoms with Crippen LogP contribution in [-0.2, 0) is 0 Å². The van der Waals surface area contributed by atoms with Crippen LogP contribution in [0.4, 0.5) is 18.0 Å². The van der Waals surface area contributed by atoms with Crippen LogP contribution < -0.4 is 4.74 Å². The van der Waals surface area contributed by atoms with E-state index in [1.165, 1.54) is 45.7 Å². The molecule has 7 nitrogen and oxygen atoms in total. The van der Waals surface area contributed by atoms with E-state index in [1.807, 2.05) is 6.92 Å². The standard InChI is InChI=1S/C22H18F3N5O2S/c1-12-20(26-11-33-12)18-3-2-17(25)21(28-18)32-16-9-29(10-16)22(31)30-19(4-5-27-30)13-6-14(23)8-15(24)7-13/h2-3,5-8,11,16,19H,4,9-10H2,1H3. The van der Waals surface area contributed by atoms with Crippen molar-refractivity contribution in [1.29, 1.82) is 0 Å². The van der Waals surface area contributed by atoms with Crippen LogP contribution in [0, 0.1) is 24.4 Å². The van der Waals surface area contributed by atoms with Gasteiger partial charge in [-0.15, -0.1) is 11.3 Å². The van der Waals surface area contributed by atoms with Crippen molar-refractivity contribution in [3.8, 4) is 17.3 Å². The van der Waals surface area contributed by atoms with Crippen molar-refractivity contribution in [2.75, 3.05) is 13.1 Å². The first-order valence-corrected chi connectivity index (χ1v) is 11.1. The summed E-state index contributed by atoms with van der Waals surface area (Å²) in [5.41, 5.74) is 3.20. The number of halogens is 3. The Labute approximate surface area is 191 Å². The quantitative estimate of drug-likeness (QED) is 0.558. The van der Waals surface area contributed by atoms with E-state index < -0.39 is 35.6 Å². The molecule has 11 heteroatoms. The minimum absolute atomic E-state index is 0.149. The van der Waals surface area contributed by atoms with E-state index in [0.717, 1.165) is 10.9 Å². The highest BCUT2D eigenvalue weighted by Gasteiger charge is 2.39. The van der Waals surface area contributed by atoms with Gasteiger partial charge in [0.1, 0.15) is 23.4 Å². The molecule has 1 aromatic carbocycles. The molecule has 0 bridgehead atoms. The molecule has 1 fully saturated rings. The largest absolute Gasteiger partial charge is 0.468 e. The molecular formula is C22H18F3N5O2S. The van der Waals surface area contributed by atoms with Gasteiger partial charge in [0.25, 0.3) is 5.88 Å². The monoisotopic (exact) mass is 473 g/mol. The van der Waals surface area contributed by atoms with Crippen molar-refractivity contribution in [3.05, 3.63) is 63.7 Å². The normalized spacial score (nSPS) is 18.0. The molecule has 2 aromatic heterocycles. The Bertz CT molecular complexity index is 1220. The first-order chi connectivity index (χ1) is 15.9. The van der Waals surface area contributed by atoms with E-state index in [2.05, 4.69) is 15.1 Å². The lowest BCUT2D eigenvalue weighted by molar-refractivity contribution is 0.0231. The second-order valence-corrected chi connectivity index (χ2v) is 8.82. The number of hydrogen-bond donors (Lipinski definition) is 0. The zero-order valence-electron chi connectivity index (χ0n) is 17.4. The summed E-state index contributed by atoms with van der Waals surface area (Å²) in [6.45, 7) is 2.31. The van der Waals surface area contributed by atoms with Gasteiger partial charge in [0, 0.05) is 23.6 Å².